The van der Waals surface area contributed by atoms with Crippen LogP contribution >= 0.6 is 0 Å². The summed E-state index contributed by atoms with van der Waals surface area (Å²) < 4.78 is 53.5. The van der Waals surface area contributed by atoms with Crippen LogP contribution in [-0.2, 0) is 19.7 Å². The first-order chi connectivity index (χ1) is 15.6. The fourth-order valence-electron chi connectivity index (χ4n) is 3.38. The molecule has 6 heteroatoms. The fourth-order valence-corrected chi connectivity index (χ4v) is 4.17. The second-order valence-corrected chi connectivity index (χ2v) is 7.81. The van der Waals surface area contributed by atoms with Gasteiger partial charge in [-0.1, -0.05) is 97.1 Å². The minimum absolute atomic E-state index is 0.220. The highest BCUT2D eigenvalue weighted by Gasteiger charge is 2.26. The SMILES string of the molecule is O=S(OC(c1ccccc1)c1ccccc1F)OC(c1ccccc1)c1ccccc1F. The van der Waals surface area contributed by atoms with Gasteiger partial charge in [0.05, 0.1) is 0 Å². The van der Waals surface area contributed by atoms with E-state index in [1.54, 1.807) is 84.9 Å². The van der Waals surface area contributed by atoms with E-state index in [1.807, 2.05) is 12.1 Å². The van der Waals surface area contributed by atoms with Crippen LogP contribution in [0.5, 0.6) is 0 Å². The van der Waals surface area contributed by atoms with Crippen LogP contribution in [0.3, 0.4) is 0 Å². The maximum absolute atomic E-state index is 14.6. The lowest BCUT2D eigenvalue weighted by Crippen LogP contribution is -2.16. The normalized spacial score (nSPS) is 13.9. The lowest BCUT2D eigenvalue weighted by molar-refractivity contribution is 0.179. The van der Waals surface area contributed by atoms with Gasteiger partial charge in [-0.25, -0.2) is 8.78 Å². The van der Waals surface area contributed by atoms with E-state index in [2.05, 4.69) is 0 Å². The molecule has 0 spiro atoms. The molecular weight excluding hydrogens is 430 g/mol. The predicted molar refractivity (Wildman–Crippen MR) is 120 cm³/mol. The van der Waals surface area contributed by atoms with E-state index in [-0.39, 0.29) is 11.1 Å². The first-order valence-electron chi connectivity index (χ1n) is 9.98. The molecule has 2 atom stereocenters. The highest BCUT2D eigenvalue weighted by atomic mass is 32.2. The summed E-state index contributed by atoms with van der Waals surface area (Å²) in [6, 6.07) is 30.0. The van der Waals surface area contributed by atoms with Gasteiger partial charge in [0.2, 0.25) is 0 Å². The van der Waals surface area contributed by atoms with E-state index in [1.165, 1.54) is 12.1 Å². The van der Waals surface area contributed by atoms with E-state index in [0.717, 1.165) is 0 Å². The summed E-state index contributed by atoms with van der Waals surface area (Å²) in [5.74, 6) is -0.987. The van der Waals surface area contributed by atoms with Gasteiger partial charge in [0.25, 0.3) is 0 Å². The maximum Gasteiger partial charge on any atom is 0.306 e. The molecule has 0 radical (unpaired) electrons. The number of hydrogen-bond donors (Lipinski definition) is 0. The Labute approximate surface area is 188 Å². The third kappa shape index (κ3) is 5.16. The smallest absolute Gasteiger partial charge is 0.255 e. The largest absolute Gasteiger partial charge is 0.306 e. The third-order valence-electron chi connectivity index (χ3n) is 4.93. The van der Waals surface area contributed by atoms with E-state index in [4.69, 9.17) is 8.37 Å². The standard InChI is InChI=1S/C26H20F2O3S/c27-23-17-9-7-15-21(23)25(19-11-3-1-4-12-19)30-32(29)31-26(20-13-5-2-6-14-20)22-16-8-10-18-24(22)28/h1-18,25-26H. The molecule has 0 heterocycles. The molecule has 0 aliphatic heterocycles. The van der Waals surface area contributed by atoms with Crippen molar-refractivity contribution in [3.8, 4) is 0 Å². The summed E-state index contributed by atoms with van der Waals surface area (Å²) in [6.07, 6.45) is -1.95. The summed E-state index contributed by atoms with van der Waals surface area (Å²) in [5, 5.41) is 0. The number of hydrogen-bond acceptors (Lipinski definition) is 3. The van der Waals surface area contributed by atoms with Crippen molar-refractivity contribution in [3.05, 3.63) is 143 Å². The van der Waals surface area contributed by atoms with E-state index in [0.29, 0.717) is 11.1 Å². The summed E-state index contributed by atoms with van der Waals surface area (Å²) in [4.78, 5) is 0. The van der Waals surface area contributed by atoms with Gasteiger partial charge >= 0.3 is 11.4 Å². The maximum atomic E-state index is 14.6. The van der Waals surface area contributed by atoms with Gasteiger partial charge in [-0.2, -0.15) is 4.21 Å². The molecule has 0 bridgehead atoms. The second-order valence-electron chi connectivity index (χ2n) is 7.02. The zero-order valence-electron chi connectivity index (χ0n) is 16.9. The number of halogens is 2. The van der Waals surface area contributed by atoms with E-state index < -0.39 is 35.2 Å². The lowest BCUT2D eigenvalue weighted by atomic mass is 10.0. The summed E-state index contributed by atoms with van der Waals surface area (Å²) >= 11 is -2.33. The van der Waals surface area contributed by atoms with E-state index in [9.17, 15) is 13.0 Å². The Morgan fingerprint density at radius 1 is 0.531 bits per heavy atom. The molecule has 32 heavy (non-hydrogen) atoms. The Hall–Kier alpha value is -3.19. The Bertz CT molecular complexity index is 1090. The van der Waals surface area contributed by atoms with Crippen molar-refractivity contribution >= 4 is 11.4 Å². The third-order valence-corrected chi connectivity index (χ3v) is 5.63. The molecule has 0 fully saturated rings. The van der Waals surface area contributed by atoms with Gasteiger partial charge < -0.3 is 0 Å². The zero-order chi connectivity index (χ0) is 22.3. The topological polar surface area (TPSA) is 35.5 Å². The minimum atomic E-state index is -2.33. The summed E-state index contributed by atoms with van der Waals surface area (Å²) in [5.41, 5.74) is 1.66. The molecule has 0 saturated heterocycles. The van der Waals surface area contributed by atoms with Crippen LogP contribution in [0.25, 0.3) is 0 Å². The Morgan fingerprint density at radius 3 is 1.25 bits per heavy atom. The van der Waals surface area contributed by atoms with Gasteiger partial charge in [-0.05, 0) is 23.3 Å². The quantitative estimate of drug-likeness (QED) is 0.309. The monoisotopic (exact) mass is 450 g/mol. The molecule has 0 aliphatic rings. The molecule has 0 saturated carbocycles. The molecule has 4 rings (SSSR count). The van der Waals surface area contributed by atoms with Gasteiger partial charge in [-0.3, -0.25) is 8.37 Å². The van der Waals surface area contributed by atoms with Crippen molar-refractivity contribution < 1.29 is 21.4 Å². The molecule has 0 aromatic heterocycles. The van der Waals surface area contributed by atoms with Crippen LogP contribution in [0, 0.1) is 11.6 Å². The minimum Gasteiger partial charge on any atom is -0.255 e. The molecule has 162 valence electrons. The Morgan fingerprint density at radius 2 is 0.875 bits per heavy atom. The molecule has 0 aliphatic carbocycles. The number of benzene rings is 4. The van der Waals surface area contributed by atoms with Gasteiger partial charge in [0.15, 0.2) is 0 Å². The van der Waals surface area contributed by atoms with Crippen LogP contribution in [0.2, 0.25) is 0 Å². The van der Waals surface area contributed by atoms with Gasteiger partial charge in [0, 0.05) is 11.1 Å². The lowest BCUT2D eigenvalue weighted by Gasteiger charge is -2.21. The molecule has 4 aromatic rings. The first kappa shape index (κ1) is 22.0. The van der Waals surface area contributed by atoms with Gasteiger partial charge in [0.1, 0.15) is 23.8 Å². The average molecular weight is 451 g/mol. The highest BCUT2D eigenvalue weighted by Crippen LogP contribution is 2.33. The predicted octanol–water partition coefficient (Wildman–Crippen LogP) is 6.46. The molecule has 0 amide bonds. The van der Waals surface area contributed by atoms with Crippen molar-refractivity contribution in [2.24, 2.45) is 0 Å². The molecule has 0 N–H and O–H groups in total. The molecule has 3 nitrogen and oxygen atoms in total. The van der Waals surface area contributed by atoms with Crippen LogP contribution in [0.4, 0.5) is 8.78 Å². The van der Waals surface area contributed by atoms with Crippen molar-refractivity contribution in [1.29, 1.82) is 0 Å². The Kier molecular flexibility index (Phi) is 7.17. The summed E-state index contributed by atoms with van der Waals surface area (Å²) in [6.45, 7) is 0. The second kappa shape index (κ2) is 10.4. The van der Waals surface area contributed by atoms with Gasteiger partial charge in [-0.15, -0.1) is 0 Å². The number of rotatable bonds is 8. The fraction of sp³-hybridized carbons (Fsp3) is 0.0769. The van der Waals surface area contributed by atoms with Crippen molar-refractivity contribution in [1.82, 2.24) is 0 Å². The Balaban J connectivity index is 1.65. The zero-order valence-corrected chi connectivity index (χ0v) is 17.8. The molecule has 4 aromatic carbocycles. The highest BCUT2D eigenvalue weighted by molar-refractivity contribution is 7.75. The first-order valence-corrected chi connectivity index (χ1v) is 11.0. The molecular formula is C26H20F2O3S. The van der Waals surface area contributed by atoms with Crippen molar-refractivity contribution in [2.45, 2.75) is 12.2 Å². The summed E-state index contributed by atoms with van der Waals surface area (Å²) in [7, 11) is 0. The van der Waals surface area contributed by atoms with Crippen LogP contribution in [-0.4, -0.2) is 4.21 Å². The van der Waals surface area contributed by atoms with Crippen molar-refractivity contribution in [3.63, 3.8) is 0 Å². The molecule has 2 unspecified atom stereocenters. The van der Waals surface area contributed by atoms with Crippen molar-refractivity contribution in [2.75, 3.05) is 0 Å². The average Bonchev–Trinajstić information content (AvgIpc) is 2.83. The van der Waals surface area contributed by atoms with Crippen LogP contribution in [0.1, 0.15) is 34.5 Å². The van der Waals surface area contributed by atoms with Crippen LogP contribution < -0.4 is 0 Å². The van der Waals surface area contributed by atoms with E-state index >= 15 is 0 Å². The van der Waals surface area contributed by atoms with Crippen LogP contribution in [0.15, 0.2) is 109 Å².